The average molecular weight is 434 g/mol. The summed E-state index contributed by atoms with van der Waals surface area (Å²) in [4.78, 5) is 27.6. The number of nitrogens with one attached hydrogen (secondary N) is 1. The van der Waals surface area contributed by atoms with Crippen LogP contribution in [0, 0.1) is 23.1 Å². The molecule has 0 spiro atoms. The maximum absolute atomic E-state index is 13.3. The van der Waals surface area contributed by atoms with Gasteiger partial charge in [0.25, 0.3) is 11.8 Å². The van der Waals surface area contributed by atoms with Crippen molar-refractivity contribution in [2.24, 2.45) is 5.92 Å². The lowest BCUT2D eigenvalue weighted by Gasteiger charge is -2.34. The van der Waals surface area contributed by atoms with Crippen LogP contribution in [0.3, 0.4) is 0 Å². The molecule has 3 rings (SSSR count). The average Bonchev–Trinajstić information content (AvgIpc) is 3.22. The molecule has 2 aliphatic heterocycles. The van der Waals surface area contributed by atoms with Crippen LogP contribution in [0.25, 0.3) is 0 Å². The molecule has 0 aromatic heterocycles. The number of nitrogens with zero attached hydrogens (tertiary/aromatic N) is 3. The Labute approximate surface area is 179 Å². The molecule has 9 nitrogen and oxygen atoms in total. The molecule has 2 aliphatic rings. The molecule has 0 bridgehead atoms. The molecule has 0 radical (unpaired) electrons. The second-order valence-corrected chi connectivity index (χ2v) is 8.07. The van der Waals surface area contributed by atoms with E-state index >= 15 is 0 Å². The topological polar surface area (TPSA) is 137 Å². The molecule has 0 aliphatic carbocycles. The van der Waals surface area contributed by atoms with Gasteiger partial charge in [0.1, 0.15) is 11.9 Å². The number of halogens is 1. The van der Waals surface area contributed by atoms with Gasteiger partial charge in [-0.2, -0.15) is 5.26 Å². The standard InChI is InChI=1S/C21H27FN4O5/c22-15-1-2-17(14(9-15)10-23)25-6-3-13(4-7-25)11-24-20(30)18(28)19(29)21(31)26-8-5-16(27)12-26/h1-2,9,13,16,18-19,27-29H,3-8,11-12H2,(H,24,30)/t16-,18-,19-/m1/s1. The van der Waals surface area contributed by atoms with E-state index in [0.717, 1.165) is 0 Å². The number of piperidine rings is 1. The quantitative estimate of drug-likeness (QED) is 0.467. The van der Waals surface area contributed by atoms with Gasteiger partial charge in [0, 0.05) is 32.7 Å². The minimum Gasteiger partial charge on any atom is -0.391 e. The van der Waals surface area contributed by atoms with Gasteiger partial charge in [0.05, 0.1) is 17.4 Å². The van der Waals surface area contributed by atoms with E-state index in [1.807, 2.05) is 11.0 Å². The van der Waals surface area contributed by atoms with E-state index in [1.54, 1.807) is 6.07 Å². The van der Waals surface area contributed by atoms with Crippen LogP contribution in [-0.4, -0.2) is 83.1 Å². The molecule has 168 valence electrons. The van der Waals surface area contributed by atoms with Gasteiger partial charge < -0.3 is 30.4 Å². The van der Waals surface area contributed by atoms with Crippen molar-refractivity contribution in [2.75, 3.05) is 37.6 Å². The van der Waals surface area contributed by atoms with Crippen molar-refractivity contribution in [3.63, 3.8) is 0 Å². The lowest BCUT2D eigenvalue weighted by atomic mass is 9.95. The number of anilines is 1. The summed E-state index contributed by atoms with van der Waals surface area (Å²) in [6.45, 7) is 1.88. The van der Waals surface area contributed by atoms with Crippen LogP contribution < -0.4 is 10.2 Å². The normalized spacial score (nSPS) is 21.5. The van der Waals surface area contributed by atoms with E-state index in [0.29, 0.717) is 38.0 Å². The summed E-state index contributed by atoms with van der Waals surface area (Å²) in [6, 6.07) is 6.12. The third-order valence-electron chi connectivity index (χ3n) is 5.90. The second kappa shape index (κ2) is 10.0. The Bertz CT molecular complexity index is 853. The number of hydrogen-bond donors (Lipinski definition) is 4. The number of amides is 2. The SMILES string of the molecule is N#Cc1cc(F)ccc1N1CCC(CNC(=O)[C@H](O)[C@@H](O)C(=O)N2CC[C@@H](O)C2)CC1. The lowest BCUT2D eigenvalue weighted by molar-refractivity contribution is -0.152. The monoisotopic (exact) mass is 434 g/mol. The molecule has 2 fully saturated rings. The zero-order chi connectivity index (χ0) is 22.5. The van der Waals surface area contributed by atoms with Crippen LogP contribution in [0.2, 0.25) is 0 Å². The largest absolute Gasteiger partial charge is 0.391 e. The van der Waals surface area contributed by atoms with Crippen molar-refractivity contribution in [3.05, 3.63) is 29.6 Å². The zero-order valence-electron chi connectivity index (χ0n) is 17.1. The van der Waals surface area contributed by atoms with E-state index in [9.17, 15) is 34.6 Å². The van der Waals surface area contributed by atoms with E-state index in [2.05, 4.69) is 5.32 Å². The van der Waals surface area contributed by atoms with Crippen LogP contribution in [0.5, 0.6) is 0 Å². The van der Waals surface area contributed by atoms with Crippen molar-refractivity contribution in [1.82, 2.24) is 10.2 Å². The van der Waals surface area contributed by atoms with Crippen LogP contribution in [-0.2, 0) is 9.59 Å². The number of nitriles is 1. The molecule has 0 unspecified atom stereocenters. The summed E-state index contributed by atoms with van der Waals surface area (Å²) in [5.41, 5.74) is 0.953. The van der Waals surface area contributed by atoms with Gasteiger partial charge in [-0.3, -0.25) is 9.59 Å². The Hall–Kier alpha value is -2.74. The van der Waals surface area contributed by atoms with Crippen LogP contribution in [0.4, 0.5) is 10.1 Å². The maximum atomic E-state index is 13.3. The number of aliphatic hydroxyl groups is 3. The van der Waals surface area contributed by atoms with Gasteiger partial charge in [-0.15, -0.1) is 0 Å². The molecule has 2 heterocycles. The fraction of sp³-hybridized carbons (Fsp3) is 0.571. The first-order chi connectivity index (χ1) is 14.8. The molecular weight excluding hydrogens is 407 g/mol. The van der Waals surface area contributed by atoms with E-state index in [4.69, 9.17) is 0 Å². The van der Waals surface area contributed by atoms with Crippen molar-refractivity contribution < 1.29 is 29.3 Å². The van der Waals surface area contributed by atoms with Gasteiger partial charge in [-0.1, -0.05) is 0 Å². The molecule has 1 aromatic carbocycles. The first-order valence-corrected chi connectivity index (χ1v) is 10.4. The number of rotatable bonds is 6. The maximum Gasteiger partial charge on any atom is 0.254 e. The van der Waals surface area contributed by atoms with Crippen molar-refractivity contribution in [2.45, 2.75) is 37.6 Å². The first-order valence-electron chi connectivity index (χ1n) is 10.4. The third kappa shape index (κ3) is 5.50. The summed E-state index contributed by atoms with van der Waals surface area (Å²) in [5, 5.41) is 41.4. The Balaban J connectivity index is 1.45. The molecule has 0 saturated carbocycles. The molecule has 10 heteroatoms. The Morgan fingerprint density at radius 3 is 2.52 bits per heavy atom. The predicted octanol–water partition coefficient (Wildman–Crippen LogP) is -0.655. The first kappa shape index (κ1) is 22.9. The van der Waals surface area contributed by atoms with Gasteiger partial charge in [0.15, 0.2) is 12.2 Å². The summed E-state index contributed by atoms with van der Waals surface area (Å²) in [7, 11) is 0. The highest BCUT2D eigenvalue weighted by Gasteiger charge is 2.36. The van der Waals surface area contributed by atoms with Crippen LogP contribution >= 0.6 is 0 Å². The Morgan fingerprint density at radius 2 is 1.90 bits per heavy atom. The van der Waals surface area contributed by atoms with Crippen LogP contribution in [0.1, 0.15) is 24.8 Å². The van der Waals surface area contributed by atoms with Crippen molar-refractivity contribution >= 4 is 17.5 Å². The number of likely N-dealkylation sites (tertiary alicyclic amines) is 1. The number of carbonyl (C=O) groups excluding carboxylic acids is 2. The van der Waals surface area contributed by atoms with Gasteiger partial charge in [-0.25, -0.2) is 4.39 Å². The van der Waals surface area contributed by atoms with Crippen molar-refractivity contribution in [1.29, 1.82) is 5.26 Å². The highest BCUT2D eigenvalue weighted by Crippen LogP contribution is 2.26. The number of β-amino-alcohol motifs (C(OH)–C–C–N with tert-alkyl or cyclic N) is 1. The second-order valence-electron chi connectivity index (χ2n) is 8.07. The van der Waals surface area contributed by atoms with E-state index in [1.165, 1.54) is 17.0 Å². The molecule has 4 N–H and O–H groups in total. The zero-order valence-corrected chi connectivity index (χ0v) is 17.1. The molecule has 31 heavy (non-hydrogen) atoms. The van der Waals surface area contributed by atoms with E-state index < -0.39 is 35.9 Å². The van der Waals surface area contributed by atoms with Crippen molar-refractivity contribution in [3.8, 4) is 6.07 Å². The number of benzene rings is 1. The predicted molar refractivity (Wildman–Crippen MR) is 108 cm³/mol. The summed E-state index contributed by atoms with van der Waals surface area (Å²) < 4.78 is 13.3. The van der Waals surface area contributed by atoms with Crippen LogP contribution in [0.15, 0.2) is 18.2 Å². The minimum atomic E-state index is -1.89. The highest BCUT2D eigenvalue weighted by molar-refractivity contribution is 5.90. The Morgan fingerprint density at radius 1 is 1.19 bits per heavy atom. The summed E-state index contributed by atoms with van der Waals surface area (Å²) in [6.07, 6.45) is -2.60. The molecular formula is C21H27FN4O5. The number of hydrogen-bond acceptors (Lipinski definition) is 7. The molecule has 1 aromatic rings. The minimum absolute atomic E-state index is 0.0738. The molecule has 2 amide bonds. The third-order valence-corrected chi connectivity index (χ3v) is 5.90. The smallest absolute Gasteiger partial charge is 0.254 e. The number of carbonyl (C=O) groups is 2. The van der Waals surface area contributed by atoms with Gasteiger partial charge in [0.2, 0.25) is 0 Å². The molecule has 3 atom stereocenters. The number of aliphatic hydroxyl groups excluding tert-OH is 3. The summed E-state index contributed by atoms with van der Waals surface area (Å²) >= 11 is 0. The van der Waals surface area contributed by atoms with Gasteiger partial charge >= 0.3 is 0 Å². The van der Waals surface area contributed by atoms with E-state index in [-0.39, 0.29) is 31.1 Å². The lowest BCUT2D eigenvalue weighted by Crippen LogP contribution is -2.51. The summed E-state index contributed by atoms with van der Waals surface area (Å²) in [5.74, 6) is -1.94. The fourth-order valence-corrected chi connectivity index (χ4v) is 4.01. The Kier molecular flexibility index (Phi) is 7.43. The fourth-order valence-electron chi connectivity index (χ4n) is 4.01. The molecule has 2 saturated heterocycles. The highest BCUT2D eigenvalue weighted by atomic mass is 19.1. The van der Waals surface area contributed by atoms with Gasteiger partial charge in [-0.05, 0) is 43.4 Å².